The van der Waals surface area contributed by atoms with Crippen molar-refractivity contribution in [2.75, 3.05) is 13.2 Å². The molecule has 0 saturated heterocycles. The zero-order valence-corrected chi connectivity index (χ0v) is 14.8. The summed E-state index contributed by atoms with van der Waals surface area (Å²) < 4.78 is 0. The maximum atomic E-state index is 10.5. The van der Waals surface area contributed by atoms with Crippen LogP contribution in [0.2, 0.25) is 0 Å². The third-order valence-corrected chi connectivity index (χ3v) is 3.24. The van der Waals surface area contributed by atoms with Crippen LogP contribution in [0.3, 0.4) is 0 Å². The van der Waals surface area contributed by atoms with Gasteiger partial charge in [0.15, 0.2) is 6.23 Å². The number of carboxylic acids is 1. The van der Waals surface area contributed by atoms with Gasteiger partial charge in [-0.2, -0.15) is 10.2 Å². The van der Waals surface area contributed by atoms with Crippen LogP contribution in [0.4, 0.5) is 0 Å². The first-order valence-electron chi connectivity index (χ1n) is 7.70. The Morgan fingerprint density at radius 1 is 1.29 bits per heavy atom. The Kier molecular flexibility index (Phi) is 9.78. The Bertz CT molecular complexity index is 427. The second-order valence-corrected chi connectivity index (χ2v) is 6.41. The lowest BCUT2D eigenvalue weighted by molar-refractivity contribution is -0.331. The Hall–Kier alpha value is -1.46. The van der Waals surface area contributed by atoms with Gasteiger partial charge in [0, 0.05) is 13.0 Å². The fraction of sp³-hybridized carbons (Fsp3) is 0.857. The molecule has 0 aromatic carbocycles. The van der Waals surface area contributed by atoms with Crippen molar-refractivity contribution in [1.29, 1.82) is 5.41 Å². The van der Waals surface area contributed by atoms with Crippen LogP contribution in [-0.2, 0) is 14.6 Å². The second-order valence-electron chi connectivity index (χ2n) is 6.41. The molecule has 0 rings (SSSR count). The Labute approximate surface area is 142 Å². The van der Waals surface area contributed by atoms with E-state index in [-0.39, 0.29) is 19.6 Å². The van der Waals surface area contributed by atoms with Gasteiger partial charge in [-0.25, -0.2) is 9.78 Å². The van der Waals surface area contributed by atoms with E-state index < -0.39 is 29.4 Å². The maximum absolute atomic E-state index is 10.5. The summed E-state index contributed by atoms with van der Waals surface area (Å²) in [5, 5.41) is 26.8. The summed E-state index contributed by atoms with van der Waals surface area (Å²) in [5.74, 6) is -0.901. The maximum Gasteiger partial charge on any atom is 0.304 e. The Morgan fingerprint density at radius 3 is 2.42 bits per heavy atom. The predicted molar refractivity (Wildman–Crippen MR) is 89.7 cm³/mol. The molecule has 0 aliphatic rings. The lowest BCUT2D eigenvalue weighted by Gasteiger charge is -2.30. The minimum Gasteiger partial charge on any atom is -0.481 e. The lowest BCUT2D eigenvalue weighted by Crippen LogP contribution is -2.53. The monoisotopic (exact) mass is 346 g/mol. The summed E-state index contributed by atoms with van der Waals surface area (Å²) in [6, 6.07) is 0. The number of nitrogens with one attached hydrogen (secondary N) is 2. The highest BCUT2D eigenvalue weighted by Crippen LogP contribution is 2.20. The first-order valence-corrected chi connectivity index (χ1v) is 7.70. The molecule has 24 heavy (non-hydrogen) atoms. The zero-order valence-electron chi connectivity index (χ0n) is 14.8. The molecule has 0 spiro atoms. The molecule has 0 amide bonds. The third-order valence-electron chi connectivity index (χ3n) is 3.24. The molecule has 10 heteroatoms. The standard InChI is InChI=1S/C14H30N6O4/c1-13(2,11(16)18-8-6-10(21)22)19-20-14(3,4)12(17)24-23-9-5-7-15/h7,11-12,15,18H,5-6,8-9,16-17H2,1-4H3,(H,21,22). The van der Waals surface area contributed by atoms with Gasteiger partial charge < -0.3 is 22.0 Å². The highest BCUT2D eigenvalue weighted by Gasteiger charge is 2.32. The number of hydrogen-bond acceptors (Lipinski definition) is 9. The van der Waals surface area contributed by atoms with E-state index in [0.29, 0.717) is 6.42 Å². The van der Waals surface area contributed by atoms with Gasteiger partial charge in [-0.15, -0.1) is 0 Å². The van der Waals surface area contributed by atoms with Crippen LogP contribution in [0.5, 0.6) is 0 Å². The van der Waals surface area contributed by atoms with Crippen molar-refractivity contribution in [3.05, 3.63) is 0 Å². The molecule has 0 fully saturated rings. The number of aliphatic carboxylic acids is 1. The summed E-state index contributed by atoms with van der Waals surface area (Å²) in [4.78, 5) is 20.5. The summed E-state index contributed by atoms with van der Waals surface area (Å²) in [6.45, 7) is 7.49. The average molecular weight is 346 g/mol. The van der Waals surface area contributed by atoms with Crippen LogP contribution in [0, 0.1) is 5.41 Å². The normalized spacial score (nSPS) is 15.4. The van der Waals surface area contributed by atoms with Crippen molar-refractivity contribution in [3.63, 3.8) is 0 Å². The molecular weight excluding hydrogens is 316 g/mol. The van der Waals surface area contributed by atoms with Crippen molar-refractivity contribution in [3.8, 4) is 0 Å². The molecule has 140 valence electrons. The number of carboxylic acid groups (broad SMARTS) is 1. The number of hydrogen-bond donors (Lipinski definition) is 5. The predicted octanol–water partition coefficient (Wildman–Crippen LogP) is 0.618. The van der Waals surface area contributed by atoms with Crippen LogP contribution in [0.1, 0.15) is 40.5 Å². The van der Waals surface area contributed by atoms with Gasteiger partial charge in [0.05, 0.1) is 19.2 Å². The van der Waals surface area contributed by atoms with Gasteiger partial charge in [0.1, 0.15) is 11.1 Å². The Morgan fingerprint density at radius 2 is 1.88 bits per heavy atom. The van der Waals surface area contributed by atoms with Crippen molar-refractivity contribution < 1.29 is 19.7 Å². The van der Waals surface area contributed by atoms with Crippen molar-refractivity contribution in [2.24, 2.45) is 21.7 Å². The van der Waals surface area contributed by atoms with Gasteiger partial charge >= 0.3 is 5.97 Å². The third kappa shape index (κ3) is 8.99. The molecule has 0 radical (unpaired) electrons. The topological polar surface area (TPSA) is 168 Å². The minimum atomic E-state index is -0.901. The summed E-state index contributed by atoms with van der Waals surface area (Å²) in [7, 11) is 0. The largest absolute Gasteiger partial charge is 0.481 e. The van der Waals surface area contributed by atoms with E-state index in [1.165, 1.54) is 6.21 Å². The molecule has 0 bridgehead atoms. The number of carbonyl (C=O) groups is 1. The fourth-order valence-corrected chi connectivity index (χ4v) is 1.31. The van der Waals surface area contributed by atoms with Crippen molar-refractivity contribution in [2.45, 2.75) is 64.0 Å². The summed E-state index contributed by atoms with van der Waals surface area (Å²) in [6.07, 6.45) is 0.189. The van der Waals surface area contributed by atoms with Crippen molar-refractivity contribution >= 4 is 12.2 Å². The molecule has 0 heterocycles. The van der Waals surface area contributed by atoms with Gasteiger partial charge in [-0.05, 0) is 33.9 Å². The van der Waals surface area contributed by atoms with E-state index in [4.69, 9.17) is 31.8 Å². The lowest BCUT2D eigenvalue weighted by atomic mass is 10.0. The number of azo groups is 1. The smallest absolute Gasteiger partial charge is 0.304 e. The first kappa shape index (κ1) is 22.5. The molecule has 7 N–H and O–H groups in total. The molecular formula is C14H30N6O4. The molecule has 0 saturated carbocycles. The first-order chi connectivity index (χ1) is 11.0. The number of nitrogens with two attached hydrogens (primary N) is 2. The molecule has 0 aromatic heterocycles. The average Bonchev–Trinajstić information content (AvgIpc) is 2.49. The zero-order chi connectivity index (χ0) is 18.8. The van der Waals surface area contributed by atoms with E-state index in [0.717, 1.165) is 0 Å². The van der Waals surface area contributed by atoms with Gasteiger partial charge in [-0.1, -0.05) is 0 Å². The van der Waals surface area contributed by atoms with Crippen LogP contribution in [0.15, 0.2) is 10.2 Å². The van der Waals surface area contributed by atoms with Crippen LogP contribution in [0.25, 0.3) is 0 Å². The molecule has 0 aliphatic heterocycles. The van der Waals surface area contributed by atoms with Crippen LogP contribution >= 0.6 is 0 Å². The molecule has 2 atom stereocenters. The van der Waals surface area contributed by atoms with E-state index >= 15 is 0 Å². The van der Waals surface area contributed by atoms with E-state index in [2.05, 4.69) is 15.5 Å². The van der Waals surface area contributed by atoms with E-state index in [1.54, 1.807) is 27.7 Å². The van der Waals surface area contributed by atoms with E-state index in [9.17, 15) is 4.79 Å². The SMILES string of the molecule is CC(C)(N=NC(C)(C)C(N)OOCCC=N)C(N)NCCC(=O)O. The van der Waals surface area contributed by atoms with Crippen LogP contribution in [-0.4, -0.2) is 53.9 Å². The fourth-order valence-electron chi connectivity index (χ4n) is 1.31. The minimum absolute atomic E-state index is 0.0295. The number of rotatable bonds is 13. The summed E-state index contributed by atoms with van der Waals surface area (Å²) in [5.41, 5.74) is 10.2. The molecule has 10 nitrogen and oxygen atoms in total. The van der Waals surface area contributed by atoms with Crippen molar-refractivity contribution in [1.82, 2.24) is 5.32 Å². The quantitative estimate of drug-likeness (QED) is 0.0812. The van der Waals surface area contributed by atoms with Gasteiger partial charge in [-0.3, -0.25) is 10.1 Å². The van der Waals surface area contributed by atoms with Gasteiger partial charge in [0.25, 0.3) is 0 Å². The van der Waals surface area contributed by atoms with Crippen LogP contribution < -0.4 is 16.8 Å². The molecule has 0 aliphatic carbocycles. The molecule has 0 aromatic rings. The summed E-state index contributed by atoms with van der Waals surface area (Å²) >= 11 is 0. The van der Waals surface area contributed by atoms with E-state index in [1.807, 2.05) is 0 Å². The number of nitrogens with zero attached hydrogens (tertiary/aromatic N) is 2. The highest BCUT2D eigenvalue weighted by atomic mass is 17.2. The second kappa shape index (κ2) is 10.4. The highest BCUT2D eigenvalue weighted by molar-refractivity contribution is 5.66. The molecule has 2 unspecified atom stereocenters. The Balaban J connectivity index is 4.56. The van der Waals surface area contributed by atoms with Gasteiger partial charge in [0.2, 0.25) is 0 Å².